The normalized spacial score (nSPS) is 13.7. The first-order valence-corrected chi connectivity index (χ1v) is 6.34. The van der Waals surface area contributed by atoms with Crippen LogP contribution in [0, 0.1) is 5.82 Å². The second kappa shape index (κ2) is 6.43. The number of carbonyl (C=O) groups is 1. The van der Waals surface area contributed by atoms with E-state index in [2.05, 4.69) is 5.16 Å². The average molecular weight is 297 g/mol. The Labute approximate surface area is 123 Å². The SMILES string of the molecule is CN(C(=O)OC(C)(C)C)[C@H](C(N)=NO)c1ccc(F)cc1. The molecule has 0 aliphatic carbocycles. The van der Waals surface area contributed by atoms with E-state index in [0.717, 1.165) is 0 Å². The molecule has 0 aliphatic heterocycles. The zero-order valence-electron chi connectivity index (χ0n) is 12.5. The quantitative estimate of drug-likeness (QED) is 0.388. The molecule has 0 bridgehead atoms. The van der Waals surface area contributed by atoms with E-state index in [4.69, 9.17) is 15.7 Å². The number of ether oxygens (including phenoxy) is 1. The van der Waals surface area contributed by atoms with Gasteiger partial charge >= 0.3 is 6.09 Å². The predicted molar refractivity (Wildman–Crippen MR) is 76.5 cm³/mol. The van der Waals surface area contributed by atoms with Crippen LogP contribution in [0.25, 0.3) is 0 Å². The number of amides is 1. The molecule has 1 rings (SSSR count). The maximum absolute atomic E-state index is 13.0. The minimum atomic E-state index is -0.856. The van der Waals surface area contributed by atoms with Crippen LogP contribution >= 0.6 is 0 Å². The van der Waals surface area contributed by atoms with E-state index >= 15 is 0 Å². The Hall–Kier alpha value is -2.31. The van der Waals surface area contributed by atoms with Gasteiger partial charge in [0.2, 0.25) is 0 Å². The lowest BCUT2D eigenvalue weighted by Crippen LogP contribution is -2.42. The Balaban J connectivity index is 3.08. The molecule has 7 heteroatoms. The van der Waals surface area contributed by atoms with E-state index < -0.39 is 23.6 Å². The van der Waals surface area contributed by atoms with Crippen molar-refractivity contribution in [3.63, 3.8) is 0 Å². The summed E-state index contributed by atoms with van der Waals surface area (Å²) in [6.07, 6.45) is -0.636. The molecule has 1 amide bonds. The molecule has 0 saturated heterocycles. The van der Waals surface area contributed by atoms with Gasteiger partial charge in [0.05, 0.1) is 0 Å². The number of hydrogen-bond donors (Lipinski definition) is 2. The fraction of sp³-hybridized carbons (Fsp3) is 0.429. The first-order valence-electron chi connectivity index (χ1n) is 6.34. The minimum absolute atomic E-state index is 0.199. The van der Waals surface area contributed by atoms with Gasteiger partial charge in [0.25, 0.3) is 0 Å². The molecular weight excluding hydrogens is 277 g/mol. The van der Waals surface area contributed by atoms with Gasteiger partial charge in [-0.3, -0.25) is 4.90 Å². The molecule has 0 aromatic heterocycles. The lowest BCUT2D eigenvalue weighted by molar-refractivity contribution is 0.0263. The molecule has 0 heterocycles. The van der Waals surface area contributed by atoms with E-state index in [9.17, 15) is 9.18 Å². The number of hydrogen-bond acceptors (Lipinski definition) is 4. The van der Waals surface area contributed by atoms with E-state index in [-0.39, 0.29) is 5.84 Å². The highest BCUT2D eigenvalue weighted by atomic mass is 19.1. The Bertz CT molecular complexity index is 523. The summed E-state index contributed by atoms with van der Waals surface area (Å²) in [4.78, 5) is 13.3. The summed E-state index contributed by atoms with van der Waals surface area (Å²) in [5.74, 6) is -0.619. The monoisotopic (exact) mass is 297 g/mol. The highest BCUT2D eigenvalue weighted by molar-refractivity contribution is 5.89. The van der Waals surface area contributed by atoms with E-state index in [1.54, 1.807) is 20.8 Å². The number of carbonyl (C=O) groups excluding carboxylic acids is 1. The van der Waals surface area contributed by atoms with Crippen LogP contribution in [0.1, 0.15) is 32.4 Å². The molecule has 116 valence electrons. The van der Waals surface area contributed by atoms with E-state index in [1.165, 1.54) is 36.2 Å². The van der Waals surface area contributed by atoms with Crippen LogP contribution in [0.15, 0.2) is 29.4 Å². The fourth-order valence-electron chi connectivity index (χ4n) is 1.73. The fourth-order valence-corrected chi connectivity index (χ4v) is 1.73. The minimum Gasteiger partial charge on any atom is -0.444 e. The highest BCUT2D eigenvalue weighted by Gasteiger charge is 2.29. The standard InChI is InChI=1S/C14H20FN3O3/c1-14(2,3)21-13(19)18(4)11(12(16)17-20)9-5-7-10(15)8-6-9/h5-8,11,20H,1-4H3,(H2,16,17)/t11-/m0/s1. The van der Waals surface area contributed by atoms with Crippen molar-refractivity contribution in [3.8, 4) is 0 Å². The summed E-state index contributed by atoms with van der Waals surface area (Å²) in [5, 5.41) is 11.8. The molecular formula is C14H20FN3O3. The smallest absolute Gasteiger partial charge is 0.410 e. The number of halogens is 1. The molecule has 0 fully saturated rings. The Morgan fingerprint density at radius 2 is 1.90 bits per heavy atom. The highest BCUT2D eigenvalue weighted by Crippen LogP contribution is 2.22. The zero-order valence-corrected chi connectivity index (χ0v) is 12.5. The zero-order chi connectivity index (χ0) is 16.2. The maximum Gasteiger partial charge on any atom is 0.410 e. The van der Waals surface area contributed by atoms with Gasteiger partial charge in [-0.05, 0) is 38.5 Å². The Kier molecular flexibility index (Phi) is 5.12. The molecule has 0 spiro atoms. The van der Waals surface area contributed by atoms with Gasteiger partial charge in [-0.15, -0.1) is 0 Å². The lowest BCUT2D eigenvalue weighted by Gasteiger charge is -2.30. The van der Waals surface area contributed by atoms with Crippen molar-refractivity contribution in [2.45, 2.75) is 32.4 Å². The summed E-state index contributed by atoms with van der Waals surface area (Å²) in [6.45, 7) is 5.19. The number of benzene rings is 1. The first kappa shape index (κ1) is 16.7. The average Bonchev–Trinajstić information content (AvgIpc) is 2.38. The lowest BCUT2D eigenvalue weighted by atomic mass is 10.1. The number of amidine groups is 1. The van der Waals surface area contributed by atoms with Crippen LogP contribution in [-0.4, -0.2) is 34.7 Å². The molecule has 6 nitrogen and oxygen atoms in total. The van der Waals surface area contributed by atoms with Gasteiger partial charge in [-0.2, -0.15) is 0 Å². The third-order valence-electron chi connectivity index (χ3n) is 2.65. The van der Waals surface area contributed by atoms with Gasteiger partial charge < -0.3 is 15.7 Å². The van der Waals surface area contributed by atoms with Crippen molar-refractivity contribution < 1.29 is 19.1 Å². The number of rotatable bonds is 3. The number of likely N-dealkylation sites (N-methyl/N-ethyl adjacent to an activating group) is 1. The third kappa shape index (κ3) is 4.62. The van der Waals surface area contributed by atoms with E-state index in [1.807, 2.05) is 0 Å². The molecule has 0 radical (unpaired) electrons. The van der Waals surface area contributed by atoms with Crippen molar-refractivity contribution in [3.05, 3.63) is 35.6 Å². The maximum atomic E-state index is 13.0. The van der Waals surface area contributed by atoms with Gasteiger partial charge in [-0.1, -0.05) is 17.3 Å². The number of nitrogens with zero attached hydrogens (tertiary/aromatic N) is 2. The Morgan fingerprint density at radius 3 is 2.33 bits per heavy atom. The van der Waals surface area contributed by atoms with Crippen LogP contribution in [0.2, 0.25) is 0 Å². The molecule has 0 aliphatic rings. The van der Waals surface area contributed by atoms with Crippen molar-refractivity contribution in [2.75, 3.05) is 7.05 Å². The van der Waals surface area contributed by atoms with Crippen LogP contribution in [0.4, 0.5) is 9.18 Å². The van der Waals surface area contributed by atoms with Crippen LogP contribution in [-0.2, 0) is 4.74 Å². The second-order valence-electron chi connectivity index (χ2n) is 5.57. The molecule has 0 unspecified atom stereocenters. The summed E-state index contributed by atoms with van der Waals surface area (Å²) in [6, 6.07) is 4.52. The van der Waals surface area contributed by atoms with Gasteiger partial charge in [0, 0.05) is 7.05 Å². The molecule has 1 atom stereocenters. The molecule has 1 aromatic carbocycles. The molecule has 0 saturated carbocycles. The third-order valence-corrected chi connectivity index (χ3v) is 2.65. The summed E-state index contributed by atoms with van der Waals surface area (Å²) in [7, 11) is 1.46. The molecule has 1 aromatic rings. The second-order valence-corrected chi connectivity index (χ2v) is 5.57. The largest absolute Gasteiger partial charge is 0.444 e. The van der Waals surface area contributed by atoms with Crippen molar-refractivity contribution in [1.82, 2.24) is 4.90 Å². The Morgan fingerprint density at radius 1 is 1.38 bits per heavy atom. The van der Waals surface area contributed by atoms with Crippen LogP contribution in [0.3, 0.4) is 0 Å². The summed E-state index contributed by atoms with van der Waals surface area (Å²) < 4.78 is 18.2. The topological polar surface area (TPSA) is 88.2 Å². The predicted octanol–water partition coefficient (Wildman–Crippen LogP) is 2.48. The number of nitrogens with two attached hydrogens (primary N) is 1. The van der Waals surface area contributed by atoms with Crippen molar-refractivity contribution in [1.29, 1.82) is 0 Å². The summed E-state index contributed by atoms with van der Waals surface area (Å²) >= 11 is 0. The number of oxime groups is 1. The van der Waals surface area contributed by atoms with Gasteiger partial charge in [0.15, 0.2) is 5.84 Å². The molecule has 21 heavy (non-hydrogen) atoms. The van der Waals surface area contributed by atoms with Crippen molar-refractivity contribution >= 4 is 11.9 Å². The van der Waals surface area contributed by atoms with Gasteiger partial charge in [0.1, 0.15) is 17.5 Å². The van der Waals surface area contributed by atoms with Crippen molar-refractivity contribution in [2.24, 2.45) is 10.9 Å². The first-order chi connectivity index (χ1) is 9.65. The van der Waals surface area contributed by atoms with Crippen LogP contribution < -0.4 is 5.73 Å². The van der Waals surface area contributed by atoms with Gasteiger partial charge in [-0.25, -0.2) is 9.18 Å². The van der Waals surface area contributed by atoms with Crippen LogP contribution in [0.5, 0.6) is 0 Å². The van der Waals surface area contributed by atoms with E-state index in [0.29, 0.717) is 5.56 Å². The summed E-state index contributed by atoms with van der Waals surface area (Å²) in [5.41, 5.74) is 5.47. The molecule has 3 N–H and O–H groups in total.